The summed E-state index contributed by atoms with van der Waals surface area (Å²) in [5.41, 5.74) is 7.69. The molecule has 2 aromatic carbocycles. The Balaban J connectivity index is 1.93. The minimum atomic E-state index is -0.898. The van der Waals surface area contributed by atoms with Crippen LogP contribution in [0.4, 0.5) is 8.78 Å². The number of allylic oxidation sites excluding steroid dienone is 1. The molecule has 6 nitrogen and oxygen atoms in total. The summed E-state index contributed by atoms with van der Waals surface area (Å²) in [6.45, 7) is 0. The van der Waals surface area contributed by atoms with E-state index in [4.69, 9.17) is 15.2 Å². The highest BCUT2D eigenvalue weighted by molar-refractivity contribution is 5.71. The molecule has 1 aliphatic rings. The number of H-pyrrole nitrogens is 1. The van der Waals surface area contributed by atoms with Gasteiger partial charge in [-0.05, 0) is 30.3 Å². The molecule has 0 aliphatic carbocycles. The van der Waals surface area contributed by atoms with Crippen LogP contribution in [0.5, 0.6) is 11.6 Å². The van der Waals surface area contributed by atoms with E-state index in [2.05, 4.69) is 10.2 Å². The fraction of sp³-hybridized carbons (Fsp3) is 0.100. The topological polar surface area (TPSA) is 97.0 Å². The number of rotatable bonds is 3. The summed E-state index contributed by atoms with van der Waals surface area (Å²) in [5, 5.41) is 16.6. The van der Waals surface area contributed by atoms with Gasteiger partial charge in [0, 0.05) is 17.2 Å². The lowest BCUT2D eigenvalue weighted by atomic mass is 9.82. The summed E-state index contributed by atoms with van der Waals surface area (Å²) in [6.07, 6.45) is 0. The van der Waals surface area contributed by atoms with Gasteiger partial charge in [0.05, 0.1) is 24.3 Å². The first kappa shape index (κ1) is 17.5. The second-order valence-corrected chi connectivity index (χ2v) is 6.14. The van der Waals surface area contributed by atoms with Gasteiger partial charge in [-0.15, -0.1) is 5.10 Å². The lowest BCUT2D eigenvalue weighted by Gasteiger charge is -2.24. The fourth-order valence-electron chi connectivity index (χ4n) is 3.27. The molecule has 1 aromatic heterocycles. The number of methoxy groups -OCH3 is 1. The van der Waals surface area contributed by atoms with Crippen molar-refractivity contribution in [3.8, 4) is 29.0 Å². The molecule has 0 saturated carbocycles. The van der Waals surface area contributed by atoms with Crippen LogP contribution in [0, 0.1) is 23.0 Å². The normalized spacial score (nSPS) is 15.6. The maximum absolute atomic E-state index is 14.6. The Bertz CT molecular complexity index is 1130. The molecule has 0 radical (unpaired) electrons. The zero-order valence-electron chi connectivity index (χ0n) is 14.7. The Hall–Kier alpha value is -3.86. The smallest absolute Gasteiger partial charge is 0.244 e. The van der Waals surface area contributed by atoms with Crippen LogP contribution in [0.15, 0.2) is 53.9 Å². The molecule has 0 amide bonds. The van der Waals surface area contributed by atoms with E-state index < -0.39 is 17.6 Å². The van der Waals surface area contributed by atoms with Crippen LogP contribution in [-0.2, 0) is 0 Å². The number of benzene rings is 2. The van der Waals surface area contributed by atoms with Crippen molar-refractivity contribution in [3.63, 3.8) is 0 Å². The highest BCUT2D eigenvalue weighted by atomic mass is 19.1. The third-order valence-corrected chi connectivity index (χ3v) is 4.59. The number of hydrogen-bond donors (Lipinski definition) is 2. The van der Waals surface area contributed by atoms with E-state index in [1.807, 2.05) is 6.07 Å². The van der Waals surface area contributed by atoms with E-state index >= 15 is 0 Å². The average molecular weight is 380 g/mol. The van der Waals surface area contributed by atoms with Crippen molar-refractivity contribution in [1.82, 2.24) is 10.2 Å². The number of nitrogens with two attached hydrogens (primary N) is 1. The number of ether oxygens (including phenoxy) is 2. The van der Waals surface area contributed by atoms with E-state index in [9.17, 15) is 14.0 Å². The molecule has 2 heterocycles. The molecule has 8 heteroatoms. The summed E-state index contributed by atoms with van der Waals surface area (Å²) in [5.74, 6) is -1.78. The highest BCUT2D eigenvalue weighted by Gasteiger charge is 2.37. The van der Waals surface area contributed by atoms with Crippen molar-refractivity contribution in [3.05, 3.63) is 76.7 Å². The predicted octanol–water partition coefficient (Wildman–Crippen LogP) is 3.58. The summed E-state index contributed by atoms with van der Waals surface area (Å²) in [4.78, 5) is 0. The van der Waals surface area contributed by atoms with E-state index in [1.54, 1.807) is 31.4 Å². The van der Waals surface area contributed by atoms with Crippen LogP contribution >= 0.6 is 0 Å². The van der Waals surface area contributed by atoms with Crippen molar-refractivity contribution >= 4 is 0 Å². The van der Waals surface area contributed by atoms with Gasteiger partial charge in [-0.2, -0.15) is 5.26 Å². The number of nitriles is 1. The lowest BCUT2D eigenvalue weighted by Crippen LogP contribution is -2.21. The Kier molecular flexibility index (Phi) is 4.20. The molecule has 0 spiro atoms. The van der Waals surface area contributed by atoms with Crippen LogP contribution < -0.4 is 15.2 Å². The van der Waals surface area contributed by atoms with E-state index in [0.717, 1.165) is 17.7 Å². The molecule has 3 aromatic rings. The van der Waals surface area contributed by atoms with Gasteiger partial charge in [-0.3, -0.25) is 5.10 Å². The van der Waals surface area contributed by atoms with Gasteiger partial charge in [0.1, 0.15) is 29.0 Å². The molecule has 1 aliphatic heterocycles. The first-order chi connectivity index (χ1) is 13.5. The van der Waals surface area contributed by atoms with Gasteiger partial charge in [0.25, 0.3) is 0 Å². The van der Waals surface area contributed by atoms with E-state index in [1.165, 1.54) is 6.07 Å². The van der Waals surface area contributed by atoms with Crippen molar-refractivity contribution < 1.29 is 18.3 Å². The largest absolute Gasteiger partial charge is 0.497 e. The molecule has 4 rings (SSSR count). The molecule has 0 unspecified atom stereocenters. The summed E-state index contributed by atoms with van der Waals surface area (Å²) in [6, 6.07) is 12.3. The Labute approximate surface area is 158 Å². The first-order valence-electron chi connectivity index (χ1n) is 8.28. The summed E-state index contributed by atoms with van der Waals surface area (Å²) in [7, 11) is 1.56. The SMILES string of the molecule is COc1ccc(-c2[nH]nc3c2[C@@H](c2ccc(F)cc2F)C(C#N)=C(N)O3)cc1. The molecule has 0 saturated heterocycles. The molecule has 0 fully saturated rings. The number of nitrogens with one attached hydrogen (secondary N) is 1. The molecule has 0 bridgehead atoms. The van der Waals surface area contributed by atoms with Crippen LogP contribution in [0.25, 0.3) is 11.3 Å². The molecule has 140 valence electrons. The summed E-state index contributed by atoms with van der Waals surface area (Å²) >= 11 is 0. The van der Waals surface area contributed by atoms with Crippen LogP contribution in [-0.4, -0.2) is 17.3 Å². The standard InChI is InChI=1S/C20H14F2N4O2/c1-27-12-5-2-10(3-6-12)18-17-16(13-7-4-11(21)8-15(13)22)14(9-23)19(24)28-20(17)26-25-18/h2-8,16H,24H2,1H3,(H,25,26)/t16-/m0/s1. The van der Waals surface area contributed by atoms with Gasteiger partial charge in [0.15, 0.2) is 0 Å². The quantitative estimate of drug-likeness (QED) is 0.724. The van der Waals surface area contributed by atoms with Gasteiger partial charge in [-0.1, -0.05) is 6.07 Å². The van der Waals surface area contributed by atoms with Crippen LogP contribution in [0.1, 0.15) is 17.0 Å². The Morgan fingerprint density at radius 1 is 1.21 bits per heavy atom. The van der Waals surface area contributed by atoms with Crippen molar-refractivity contribution in [1.29, 1.82) is 5.26 Å². The second kappa shape index (κ2) is 6.70. The maximum atomic E-state index is 14.6. The average Bonchev–Trinajstić information content (AvgIpc) is 3.10. The third kappa shape index (κ3) is 2.74. The molecule has 1 atom stereocenters. The predicted molar refractivity (Wildman–Crippen MR) is 96.2 cm³/mol. The monoisotopic (exact) mass is 380 g/mol. The maximum Gasteiger partial charge on any atom is 0.244 e. The summed E-state index contributed by atoms with van der Waals surface area (Å²) < 4.78 is 38.7. The molecule has 3 N–H and O–H groups in total. The number of nitrogens with zero attached hydrogens (tertiary/aromatic N) is 2. The van der Waals surface area contributed by atoms with E-state index in [-0.39, 0.29) is 22.9 Å². The van der Waals surface area contributed by atoms with Gasteiger partial charge < -0.3 is 15.2 Å². The third-order valence-electron chi connectivity index (χ3n) is 4.59. The molecular formula is C20H14F2N4O2. The number of aromatic amines is 1. The second-order valence-electron chi connectivity index (χ2n) is 6.14. The minimum absolute atomic E-state index is 0.0224. The molecule has 28 heavy (non-hydrogen) atoms. The van der Waals surface area contributed by atoms with Crippen LogP contribution in [0.3, 0.4) is 0 Å². The van der Waals surface area contributed by atoms with Gasteiger partial charge in [-0.25, -0.2) is 8.78 Å². The first-order valence-corrected chi connectivity index (χ1v) is 8.28. The number of halogens is 2. The van der Waals surface area contributed by atoms with Crippen molar-refractivity contribution in [2.75, 3.05) is 7.11 Å². The lowest BCUT2D eigenvalue weighted by molar-refractivity contribution is 0.378. The zero-order valence-corrected chi connectivity index (χ0v) is 14.7. The number of aromatic nitrogens is 2. The van der Waals surface area contributed by atoms with Crippen molar-refractivity contribution in [2.24, 2.45) is 5.73 Å². The number of hydrogen-bond acceptors (Lipinski definition) is 5. The minimum Gasteiger partial charge on any atom is -0.497 e. The van der Waals surface area contributed by atoms with Gasteiger partial charge in [0.2, 0.25) is 11.8 Å². The van der Waals surface area contributed by atoms with Crippen LogP contribution in [0.2, 0.25) is 0 Å². The Morgan fingerprint density at radius 3 is 2.61 bits per heavy atom. The molecular weight excluding hydrogens is 366 g/mol. The van der Waals surface area contributed by atoms with Crippen molar-refractivity contribution in [2.45, 2.75) is 5.92 Å². The highest BCUT2D eigenvalue weighted by Crippen LogP contribution is 2.46. The number of fused-ring (bicyclic) bond motifs is 1. The van der Waals surface area contributed by atoms with E-state index in [0.29, 0.717) is 17.0 Å². The van der Waals surface area contributed by atoms with Gasteiger partial charge >= 0.3 is 0 Å². The zero-order chi connectivity index (χ0) is 19.8. The Morgan fingerprint density at radius 2 is 1.96 bits per heavy atom. The fourth-order valence-corrected chi connectivity index (χ4v) is 3.27.